The van der Waals surface area contributed by atoms with E-state index in [2.05, 4.69) is 24.3 Å². The van der Waals surface area contributed by atoms with Crippen molar-refractivity contribution in [1.29, 1.82) is 0 Å². The molecule has 1 unspecified atom stereocenters. The van der Waals surface area contributed by atoms with Gasteiger partial charge in [0.15, 0.2) is 0 Å². The molecule has 0 fully saturated rings. The van der Waals surface area contributed by atoms with Crippen LogP contribution in [0.1, 0.15) is 31.7 Å². The highest BCUT2D eigenvalue weighted by atomic mass is 35.5. The zero-order valence-corrected chi connectivity index (χ0v) is 13.3. The largest absolute Gasteiger partial charge is 0.383 e. The summed E-state index contributed by atoms with van der Waals surface area (Å²) in [5.41, 5.74) is 2.16. The zero-order chi connectivity index (χ0) is 14.3. The van der Waals surface area contributed by atoms with Crippen molar-refractivity contribution in [3.05, 3.63) is 16.4 Å². The van der Waals surface area contributed by atoms with E-state index in [1.807, 2.05) is 11.7 Å². The molecular formula is C14H26ClN3O. The predicted octanol–water partition coefficient (Wildman–Crippen LogP) is 2.44. The Hall–Kier alpha value is -0.580. The molecule has 0 aliphatic heterocycles. The molecule has 4 nitrogen and oxygen atoms in total. The van der Waals surface area contributed by atoms with Gasteiger partial charge in [-0.15, -0.1) is 0 Å². The number of hydrogen-bond acceptors (Lipinski definition) is 3. The van der Waals surface area contributed by atoms with Crippen LogP contribution in [0.25, 0.3) is 0 Å². The lowest BCUT2D eigenvalue weighted by Crippen LogP contribution is -2.25. The highest BCUT2D eigenvalue weighted by molar-refractivity contribution is 6.31. The number of aryl methyl sites for hydroxylation is 2. The van der Waals surface area contributed by atoms with Crippen LogP contribution in [0, 0.1) is 5.92 Å². The predicted molar refractivity (Wildman–Crippen MR) is 79.8 cm³/mol. The highest BCUT2D eigenvalue weighted by Crippen LogP contribution is 2.23. The van der Waals surface area contributed by atoms with Crippen molar-refractivity contribution in [2.24, 2.45) is 13.0 Å². The molecule has 0 bridgehead atoms. The Morgan fingerprint density at radius 1 is 1.47 bits per heavy atom. The van der Waals surface area contributed by atoms with Crippen LogP contribution in [0.2, 0.25) is 5.02 Å². The van der Waals surface area contributed by atoms with Crippen molar-refractivity contribution in [2.45, 2.75) is 33.1 Å². The molecule has 1 atom stereocenters. The minimum atomic E-state index is 0.618. The smallest absolute Gasteiger partial charge is 0.0849 e. The van der Waals surface area contributed by atoms with E-state index >= 15 is 0 Å². The van der Waals surface area contributed by atoms with Gasteiger partial charge in [0, 0.05) is 20.7 Å². The second kappa shape index (κ2) is 8.56. The summed E-state index contributed by atoms with van der Waals surface area (Å²) >= 11 is 6.34. The number of nitrogens with zero attached hydrogens (tertiary/aromatic N) is 2. The highest BCUT2D eigenvalue weighted by Gasteiger charge is 2.13. The summed E-state index contributed by atoms with van der Waals surface area (Å²) in [7, 11) is 3.70. The molecule has 5 heteroatoms. The van der Waals surface area contributed by atoms with E-state index in [1.165, 1.54) is 0 Å². The van der Waals surface area contributed by atoms with Gasteiger partial charge in [-0.2, -0.15) is 5.10 Å². The Morgan fingerprint density at radius 3 is 2.79 bits per heavy atom. The maximum atomic E-state index is 6.34. The lowest BCUT2D eigenvalue weighted by Gasteiger charge is -2.12. The molecule has 0 radical (unpaired) electrons. The maximum absolute atomic E-state index is 6.34. The van der Waals surface area contributed by atoms with Gasteiger partial charge in [-0.25, -0.2) is 0 Å². The van der Waals surface area contributed by atoms with E-state index in [0.29, 0.717) is 5.92 Å². The van der Waals surface area contributed by atoms with Crippen molar-refractivity contribution >= 4 is 11.6 Å². The van der Waals surface area contributed by atoms with Crippen molar-refractivity contribution in [1.82, 2.24) is 15.1 Å². The molecule has 0 aliphatic rings. The van der Waals surface area contributed by atoms with E-state index in [9.17, 15) is 0 Å². The second-order valence-electron chi connectivity index (χ2n) is 5.03. The fraction of sp³-hybridized carbons (Fsp3) is 0.786. The normalized spacial score (nSPS) is 12.9. The van der Waals surface area contributed by atoms with Crippen LogP contribution in [0.5, 0.6) is 0 Å². The molecular weight excluding hydrogens is 262 g/mol. The van der Waals surface area contributed by atoms with E-state index in [4.69, 9.17) is 16.3 Å². The van der Waals surface area contributed by atoms with Crippen LogP contribution in [0.4, 0.5) is 0 Å². The van der Waals surface area contributed by atoms with E-state index < -0.39 is 0 Å². The minimum Gasteiger partial charge on any atom is -0.383 e. The summed E-state index contributed by atoms with van der Waals surface area (Å²) in [6.45, 7) is 7.03. The third-order valence-electron chi connectivity index (χ3n) is 3.35. The van der Waals surface area contributed by atoms with Gasteiger partial charge in [0.1, 0.15) is 0 Å². The Kier molecular flexibility index (Phi) is 7.42. The van der Waals surface area contributed by atoms with E-state index in [1.54, 1.807) is 7.11 Å². The standard InChI is InChI=1S/C14H26ClN3O/c1-5-12-14(15)13(18(3)17-12)7-6-11(2)10-16-8-9-19-4/h11,16H,5-10H2,1-4H3. The summed E-state index contributed by atoms with van der Waals surface area (Å²) in [6, 6.07) is 0. The molecule has 0 aliphatic carbocycles. The van der Waals surface area contributed by atoms with Gasteiger partial charge in [0.25, 0.3) is 0 Å². The van der Waals surface area contributed by atoms with Crippen molar-refractivity contribution < 1.29 is 4.74 Å². The van der Waals surface area contributed by atoms with E-state index in [-0.39, 0.29) is 0 Å². The summed E-state index contributed by atoms with van der Waals surface area (Å²) in [6.07, 6.45) is 2.98. The van der Waals surface area contributed by atoms with Gasteiger partial charge in [-0.1, -0.05) is 25.4 Å². The summed E-state index contributed by atoms with van der Waals surface area (Å²) in [5.74, 6) is 0.618. The Morgan fingerprint density at radius 2 is 2.21 bits per heavy atom. The lowest BCUT2D eigenvalue weighted by atomic mass is 10.0. The first-order valence-corrected chi connectivity index (χ1v) is 7.37. The molecule has 0 saturated heterocycles. The Balaban J connectivity index is 2.37. The number of hydrogen-bond donors (Lipinski definition) is 1. The van der Waals surface area contributed by atoms with Gasteiger partial charge >= 0.3 is 0 Å². The van der Waals surface area contributed by atoms with Gasteiger partial charge in [-0.3, -0.25) is 4.68 Å². The van der Waals surface area contributed by atoms with Crippen LogP contribution < -0.4 is 5.32 Å². The number of halogens is 1. The van der Waals surface area contributed by atoms with Gasteiger partial charge in [0.05, 0.1) is 23.0 Å². The molecule has 0 spiro atoms. The molecule has 1 heterocycles. The van der Waals surface area contributed by atoms with Gasteiger partial charge in [0.2, 0.25) is 0 Å². The molecule has 0 amide bonds. The topological polar surface area (TPSA) is 39.1 Å². The average Bonchev–Trinajstić information content (AvgIpc) is 2.67. The molecule has 0 saturated carbocycles. The lowest BCUT2D eigenvalue weighted by molar-refractivity contribution is 0.198. The molecule has 110 valence electrons. The van der Waals surface area contributed by atoms with Crippen molar-refractivity contribution in [3.8, 4) is 0 Å². The monoisotopic (exact) mass is 287 g/mol. The summed E-state index contributed by atoms with van der Waals surface area (Å²) in [4.78, 5) is 0. The Bertz CT molecular complexity index is 379. The first-order valence-electron chi connectivity index (χ1n) is 7.00. The zero-order valence-electron chi connectivity index (χ0n) is 12.5. The van der Waals surface area contributed by atoms with Gasteiger partial charge < -0.3 is 10.1 Å². The van der Waals surface area contributed by atoms with Crippen LogP contribution in [-0.4, -0.2) is 36.6 Å². The van der Waals surface area contributed by atoms with Crippen LogP contribution in [-0.2, 0) is 24.6 Å². The number of ether oxygens (including phenoxy) is 1. The molecule has 1 aromatic rings. The number of methoxy groups -OCH3 is 1. The Labute approximate surface area is 121 Å². The first kappa shape index (κ1) is 16.5. The molecule has 1 rings (SSSR count). The van der Waals surface area contributed by atoms with Crippen LogP contribution in [0.3, 0.4) is 0 Å². The van der Waals surface area contributed by atoms with Crippen LogP contribution in [0.15, 0.2) is 0 Å². The third-order valence-corrected chi connectivity index (χ3v) is 3.79. The number of aromatic nitrogens is 2. The summed E-state index contributed by atoms with van der Waals surface area (Å²) < 4.78 is 6.93. The molecule has 1 aromatic heterocycles. The SMILES string of the molecule is CCc1nn(C)c(CCC(C)CNCCOC)c1Cl. The summed E-state index contributed by atoms with van der Waals surface area (Å²) in [5, 5.41) is 8.68. The third kappa shape index (κ3) is 5.13. The minimum absolute atomic E-state index is 0.618. The molecule has 19 heavy (non-hydrogen) atoms. The quantitative estimate of drug-likeness (QED) is 0.709. The van der Waals surface area contributed by atoms with Crippen molar-refractivity contribution in [2.75, 3.05) is 26.8 Å². The number of nitrogens with one attached hydrogen (secondary N) is 1. The van der Waals surface area contributed by atoms with Crippen LogP contribution >= 0.6 is 11.6 Å². The first-order chi connectivity index (χ1) is 9.10. The van der Waals surface area contributed by atoms with Crippen molar-refractivity contribution in [3.63, 3.8) is 0 Å². The van der Waals surface area contributed by atoms with Gasteiger partial charge in [-0.05, 0) is 31.7 Å². The second-order valence-corrected chi connectivity index (χ2v) is 5.40. The van der Waals surface area contributed by atoms with E-state index in [0.717, 1.165) is 55.4 Å². The average molecular weight is 288 g/mol. The molecule has 1 N–H and O–H groups in total. The maximum Gasteiger partial charge on any atom is 0.0849 e. The fourth-order valence-corrected chi connectivity index (χ4v) is 2.49. The fourth-order valence-electron chi connectivity index (χ4n) is 2.10. The number of rotatable bonds is 9. The molecule has 0 aromatic carbocycles.